The summed E-state index contributed by atoms with van der Waals surface area (Å²) in [4.78, 5) is 13.0. The molecule has 5 nitrogen and oxygen atoms in total. The summed E-state index contributed by atoms with van der Waals surface area (Å²) < 4.78 is 28.2. The van der Waals surface area contributed by atoms with Gasteiger partial charge in [-0.05, 0) is 60.4 Å². The molecule has 0 aliphatic carbocycles. The predicted molar refractivity (Wildman–Crippen MR) is 120 cm³/mol. The van der Waals surface area contributed by atoms with Crippen molar-refractivity contribution in [3.8, 4) is 0 Å². The van der Waals surface area contributed by atoms with Crippen LogP contribution in [0, 0.1) is 0 Å². The molecular formula is C23H23ClN2O3S. The first-order valence-corrected chi connectivity index (χ1v) is 11.4. The van der Waals surface area contributed by atoms with E-state index in [4.69, 9.17) is 11.6 Å². The number of benzene rings is 3. The number of hydrogen-bond donors (Lipinski definition) is 2. The van der Waals surface area contributed by atoms with E-state index in [-0.39, 0.29) is 11.3 Å². The van der Waals surface area contributed by atoms with Gasteiger partial charge in [-0.1, -0.05) is 61.0 Å². The van der Waals surface area contributed by atoms with Crippen molar-refractivity contribution in [3.05, 3.63) is 95.0 Å². The number of carbonyl (C=O) groups excluding carboxylic acids is 1. The third kappa shape index (κ3) is 5.92. The van der Waals surface area contributed by atoms with Gasteiger partial charge in [-0.3, -0.25) is 4.79 Å². The number of halogens is 1. The van der Waals surface area contributed by atoms with Gasteiger partial charge in [0.05, 0.1) is 4.90 Å². The van der Waals surface area contributed by atoms with Crippen LogP contribution in [0.3, 0.4) is 0 Å². The maximum absolute atomic E-state index is 13.0. The molecule has 0 bridgehead atoms. The summed E-state index contributed by atoms with van der Waals surface area (Å²) in [5.41, 5.74) is 2.61. The molecule has 2 N–H and O–H groups in total. The molecule has 0 aromatic heterocycles. The normalized spacial score (nSPS) is 12.3. The lowest BCUT2D eigenvalue weighted by molar-refractivity contribution is -0.117. The van der Waals surface area contributed by atoms with Crippen molar-refractivity contribution >= 4 is 33.2 Å². The summed E-state index contributed by atoms with van der Waals surface area (Å²) in [5, 5.41) is 3.24. The Morgan fingerprint density at radius 1 is 0.900 bits per heavy atom. The zero-order valence-electron chi connectivity index (χ0n) is 16.5. The van der Waals surface area contributed by atoms with Gasteiger partial charge in [0, 0.05) is 10.7 Å². The predicted octanol–water partition coefficient (Wildman–Crippen LogP) is 4.43. The van der Waals surface area contributed by atoms with E-state index in [0.29, 0.717) is 10.7 Å². The average Bonchev–Trinajstić information content (AvgIpc) is 2.74. The smallest absolute Gasteiger partial charge is 0.242 e. The van der Waals surface area contributed by atoms with E-state index in [1.807, 2.05) is 54.6 Å². The Balaban J connectivity index is 1.83. The van der Waals surface area contributed by atoms with Crippen molar-refractivity contribution < 1.29 is 13.2 Å². The van der Waals surface area contributed by atoms with Gasteiger partial charge in [-0.2, -0.15) is 4.72 Å². The van der Waals surface area contributed by atoms with Gasteiger partial charge in [0.2, 0.25) is 15.9 Å². The molecule has 1 amide bonds. The third-order valence-electron chi connectivity index (χ3n) is 4.65. The Morgan fingerprint density at radius 2 is 1.53 bits per heavy atom. The van der Waals surface area contributed by atoms with E-state index >= 15 is 0 Å². The molecule has 3 aromatic carbocycles. The Bertz CT molecular complexity index is 1080. The van der Waals surface area contributed by atoms with Crippen LogP contribution >= 0.6 is 11.6 Å². The summed E-state index contributed by atoms with van der Waals surface area (Å²) in [5.74, 6) is -0.430. The highest BCUT2D eigenvalue weighted by atomic mass is 35.5. The minimum atomic E-state index is -3.91. The monoisotopic (exact) mass is 442 g/mol. The van der Waals surface area contributed by atoms with Gasteiger partial charge in [0.1, 0.15) is 6.04 Å². The number of anilines is 1. The Labute approximate surface area is 182 Å². The molecule has 0 radical (unpaired) electrons. The molecule has 0 spiro atoms. The van der Waals surface area contributed by atoms with Gasteiger partial charge < -0.3 is 5.32 Å². The molecule has 3 rings (SSSR count). The second kappa shape index (κ2) is 9.89. The second-order valence-corrected chi connectivity index (χ2v) is 9.01. The van der Waals surface area contributed by atoms with Gasteiger partial charge in [-0.15, -0.1) is 0 Å². The van der Waals surface area contributed by atoms with Crippen LogP contribution in [-0.4, -0.2) is 20.4 Å². The number of amides is 1. The summed E-state index contributed by atoms with van der Waals surface area (Å²) in [6, 6.07) is 21.6. The zero-order valence-corrected chi connectivity index (χ0v) is 18.1. The van der Waals surface area contributed by atoms with E-state index in [9.17, 15) is 13.2 Å². The molecule has 156 valence electrons. The highest BCUT2D eigenvalue weighted by molar-refractivity contribution is 7.89. The van der Waals surface area contributed by atoms with Gasteiger partial charge in [0.25, 0.3) is 0 Å². The summed E-state index contributed by atoms with van der Waals surface area (Å²) in [6.45, 7) is 2.05. The number of nitrogens with one attached hydrogen (secondary N) is 2. The fourth-order valence-corrected chi connectivity index (χ4v) is 4.28. The van der Waals surface area contributed by atoms with E-state index in [0.717, 1.165) is 17.5 Å². The van der Waals surface area contributed by atoms with Crippen molar-refractivity contribution in [1.82, 2.24) is 4.72 Å². The first kappa shape index (κ1) is 22.0. The maximum Gasteiger partial charge on any atom is 0.242 e. The highest BCUT2D eigenvalue weighted by Crippen LogP contribution is 2.16. The first-order valence-electron chi connectivity index (χ1n) is 9.59. The quantitative estimate of drug-likeness (QED) is 0.541. The zero-order chi connectivity index (χ0) is 21.6. The Kier molecular flexibility index (Phi) is 7.26. The number of aryl methyl sites for hydroxylation is 1. The molecule has 0 saturated carbocycles. The van der Waals surface area contributed by atoms with Crippen molar-refractivity contribution in [3.63, 3.8) is 0 Å². The fraction of sp³-hybridized carbons (Fsp3) is 0.174. The third-order valence-corrected chi connectivity index (χ3v) is 6.39. The highest BCUT2D eigenvalue weighted by Gasteiger charge is 2.26. The van der Waals surface area contributed by atoms with Crippen LogP contribution < -0.4 is 10.0 Å². The minimum Gasteiger partial charge on any atom is -0.325 e. The van der Waals surface area contributed by atoms with Crippen molar-refractivity contribution in [2.24, 2.45) is 0 Å². The van der Waals surface area contributed by atoms with E-state index in [2.05, 4.69) is 17.0 Å². The topological polar surface area (TPSA) is 75.3 Å². The number of carbonyl (C=O) groups is 1. The lowest BCUT2D eigenvalue weighted by Crippen LogP contribution is -2.45. The molecule has 1 atom stereocenters. The van der Waals surface area contributed by atoms with Crippen LogP contribution in [0.15, 0.2) is 83.8 Å². The van der Waals surface area contributed by atoms with Crippen LogP contribution in [0.2, 0.25) is 5.02 Å². The van der Waals surface area contributed by atoms with Crippen LogP contribution in [-0.2, 0) is 27.7 Å². The lowest BCUT2D eigenvalue weighted by Gasteiger charge is -2.19. The lowest BCUT2D eigenvalue weighted by atomic mass is 10.1. The minimum absolute atomic E-state index is 0.0464. The molecule has 0 aliphatic rings. The molecule has 1 unspecified atom stereocenters. The largest absolute Gasteiger partial charge is 0.325 e. The first-order chi connectivity index (χ1) is 14.4. The van der Waals surface area contributed by atoms with Crippen LogP contribution in [0.5, 0.6) is 0 Å². The van der Waals surface area contributed by atoms with Gasteiger partial charge >= 0.3 is 0 Å². The Hall–Kier alpha value is -2.67. The standard InChI is InChI=1S/C23H23ClN2O3S/c1-2-17-8-12-20(13-9-17)25-23(27)22(16-18-6-4-3-5-7-18)26-30(28,29)21-14-10-19(24)11-15-21/h3-15,22,26H,2,16H2,1H3,(H,25,27). The summed E-state index contributed by atoms with van der Waals surface area (Å²) in [7, 11) is -3.91. The number of sulfonamides is 1. The Morgan fingerprint density at radius 3 is 2.13 bits per heavy atom. The average molecular weight is 443 g/mol. The van der Waals surface area contributed by atoms with Crippen LogP contribution in [0.4, 0.5) is 5.69 Å². The van der Waals surface area contributed by atoms with E-state index in [1.54, 1.807) is 0 Å². The van der Waals surface area contributed by atoms with Crippen molar-refractivity contribution in [2.75, 3.05) is 5.32 Å². The summed E-state index contributed by atoms with van der Waals surface area (Å²) >= 11 is 5.86. The molecule has 0 aliphatic heterocycles. The molecule has 7 heteroatoms. The van der Waals surface area contributed by atoms with Gasteiger partial charge in [0.15, 0.2) is 0 Å². The molecular weight excluding hydrogens is 420 g/mol. The van der Waals surface area contributed by atoms with Crippen LogP contribution in [0.25, 0.3) is 0 Å². The number of rotatable bonds is 8. The van der Waals surface area contributed by atoms with Crippen molar-refractivity contribution in [2.45, 2.75) is 30.7 Å². The SMILES string of the molecule is CCc1ccc(NC(=O)C(Cc2ccccc2)NS(=O)(=O)c2ccc(Cl)cc2)cc1. The molecule has 30 heavy (non-hydrogen) atoms. The second-order valence-electron chi connectivity index (χ2n) is 6.86. The van der Waals surface area contributed by atoms with E-state index in [1.165, 1.54) is 24.3 Å². The van der Waals surface area contributed by atoms with Crippen molar-refractivity contribution in [1.29, 1.82) is 0 Å². The molecule has 0 fully saturated rings. The summed E-state index contributed by atoms with van der Waals surface area (Å²) in [6.07, 6.45) is 1.11. The maximum atomic E-state index is 13.0. The fourth-order valence-electron chi connectivity index (χ4n) is 2.96. The van der Waals surface area contributed by atoms with Gasteiger partial charge in [-0.25, -0.2) is 8.42 Å². The molecule has 0 heterocycles. The van der Waals surface area contributed by atoms with E-state index < -0.39 is 22.0 Å². The number of hydrogen-bond acceptors (Lipinski definition) is 3. The molecule has 3 aromatic rings. The molecule has 0 saturated heterocycles. The van der Waals surface area contributed by atoms with Crippen LogP contribution in [0.1, 0.15) is 18.1 Å².